The highest BCUT2D eigenvalue weighted by molar-refractivity contribution is 8.46. The Labute approximate surface area is 261 Å². The lowest BCUT2D eigenvalue weighted by Crippen LogP contribution is -2.45. The van der Waals surface area contributed by atoms with Gasteiger partial charge in [0.1, 0.15) is 47.6 Å². The minimum atomic E-state index is -4.41. The zero-order valence-electron chi connectivity index (χ0n) is 22.5. The van der Waals surface area contributed by atoms with Crippen LogP contribution in [-0.2, 0) is 32.4 Å². The molecule has 45 heavy (non-hydrogen) atoms. The van der Waals surface area contributed by atoms with Gasteiger partial charge in [0.05, 0.1) is 26.1 Å². The Morgan fingerprint density at radius 3 is 2.82 bits per heavy atom. The second kappa shape index (κ2) is 11.2. The maximum absolute atomic E-state index is 15.8. The molecule has 3 fully saturated rings. The third kappa shape index (κ3) is 4.96. The molecule has 0 radical (unpaired) electrons. The highest BCUT2D eigenvalue weighted by Gasteiger charge is 2.65. The Balaban J connectivity index is 1.20. The summed E-state index contributed by atoms with van der Waals surface area (Å²) in [5, 5.41) is 17.4. The number of fused-ring (bicyclic) bond motifs is 4. The molecule has 7 heterocycles. The molecule has 3 saturated heterocycles. The molecule has 3 unspecified atom stereocenters. The van der Waals surface area contributed by atoms with E-state index in [-0.39, 0.29) is 29.5 Å². The van der Waals surface area contributed by atoms with Crippen LogP contribution in [0, 0.1) is 0 Å². The van der Waals surface area contributed by atoms with Crippen LogP contribution in [0.1, 0.15) is 12.5 Å². The van der Waals surface area contributed by atoms with Crippen molar-refractivity contribution in [1.82, 2.24) is 44.5 Å². The van der Waals surface area contributed by atoms with Crippen molar-refractivity contribution in [2.24, 2.45) is 0 Å². The predicted octanol–water partition coefficient (Wildman–Crippen LogP) is -0.374. The van der Waals surface area contributed by atoms with E-state index in [0.29, 0.717) is 11.2 Å². The fourth-order valence-corrected chi connectivity index (χ4v) is 9.23. The third-order valence-electron chi connectivity index (χ3n) is 7.79. The Kier molecular flexibility index (Phi) is 7.70. The predicted molar refractivity (Wildman–Crippen MR) is 158 cm³/mol. The number of nitrogens with one attached hydrogen (secondary N) is 1. The molecule has 3 aliphatic rings. The molecule has 10 atom stereocenters. The second-order valence-corrected chi connectivity index (χ2v) is 15.9. The molecule has 3 aliphatic heterocycles. The highest BCUT2D eigenvalue weighted by Crippen LogP contribution is 2.65. The number of nitrogens with two attached hydrogens (primary N) is 2. The number of hydrogen-bond acceptors (Lipinski definition) is 17. The lowest BCUT2D eigenvalue weighted by Gasteiger charge is -2.33. The van der Waals surface area contributed by atoms with E-state index in [9.17, 15) is 19.0 Å². The van der Waals surface area contributed by atoms with Gasteiger partial charge in [-0.15, -0.1) is 5.10 Å². The summed E-state index contributed by atoms with van der Waals surface area (Å²) in [5.74, 6) is -0.161. The molecule has 6 N–H and O–H groups in total. The van der Waals surface area contributed by atoms with Crippen LogP contribution in [-0.4, -0.2) is 105 Å². The summed E-state index contributed by atoms with van der Waals surface area (Å²) < 4.78 is 74.0. The number of nitrogen functional groups attached to an aromatic ring is 2. The van der Waals surface area contributed by atoms with Crippen LogP contribution in [0.25, 0.3) is 22.3 Å². The van der Waals surface area contributed by atoms with E-state index in [1.807, 2.05) is 0 Å². The van der Waals surface area contributed by atoms with E-state index in [4.69, 9.17) is 34.7 Å². The summed E-state index contributed by atoms with van der Waals surface area (Å²) in [6.45, 7) is -5.93. The second-order valence-electron chi connectivity index (χ2n) is 10.4. The number of alkyl halides is 1. The van der Waals surface area contributed by atoms with Gasteiger partial charge < -0.3 is 39.8 Å². The summed E-state index contributed by atoms with van der Waals surface area (Å²) in [6, 6.07) is 0. The molecule has 4 aromatic heterocycles. The number of H-pyrrole nitrogens is 1. The van der Waals surface area contributed by atoms with Crippen LogP contribution < -0.4 is 17.0 Å². The molecule has 2 bridgehead atoms. The smallest absolute Gasteiger partial charge is 0.282 e. The summed E-state index contributed by atoms with van der Waals surface area (Å²) in [7, 11) is -2.87. The number of nitrogens with zero attached hydrogens (tertiary/aromatic N) is 8. The topological polar surface area (TPSA) is 273 Å². The normalized spacial score (nSPS) is 33.3. The Bertz CT molecular complexity index is 1930. The number of aromatic nitrogens is 9. The van der Waals surface area contributed by atoms with E-state index in [1.165, 1.54) is 17.2 Å². The molecule has 0 amide bonds. The van der Waals surface area contributed by atoms with Gasteiger partial charge in [0, 0.05) is 0 Å². The third-order valence-corrected chi connectivity index (χ3v) is 11.5. The van der Waals surface area contributed by atoms with Gasteiger partial charge in [-0.3, -0.25) is 23.5 Å². The first-order chi connectivity index (χ1) is 21.4. The Morgan fingerprint density at radius 2 is 2.07 bits per heavy atom. The number of aromatic amines is 1. The zero-order valence-corrected chi connectivity index (χ0v) is 26.2. The molecule has 7 rings (SSSR count). The molecule has 4 aromatic rings. The van der Waals surface area contributed by atoms with Crippen LogP contribution in [0.2, 0.25) is 0 Å². The van der Waals surface area contributed by atoms with Crippen molar-refractivity contribution in [3.05, 3.63) is 23.0 Å². The number of hydrogen-bond donors (Lipinski definition) is 6. The molecule has 0 aliphatic carbocycles. The molecule has 242 valence electrons. The maximum atomic E-state index is 15.8. The standard InChI is InChI=1S/C20H24FN11O9P2S2/c21-7-6(1-33)39-18(32-15-9(29-30-32)16(34)28-19(23)27-15)11(7)43(36,45)38-3-20-2-37-10(12(20)41-42(35)44)17(40-20)31-5-26-8-13(22)24-4-25-14(8)31/h4-7,10-12,17-18,33,42H,1-3H2,(H,35,44)(H,36,45)(H2,22,24,25)(H3,23,27,28,34)/t6?,7-,10+,11+,12-,17+,18+,20+,43?/m0/s1. The number of anilines is 2. The van der Waals surface area contributed by atoms with E-state index in [0.717, 1.165) is 4.68 Å². The summed E-state index contributed by atoms with van der Waals surface area (Å²) >= 11 is 8.17. The van der Waals surface area contributed by atoms with E-state index in [1.54, 1.807) is 0 Å². The van der Waals surface area contributed by atoms with Gasteiger partial charge in [0.25, 0.3) is 12.1 Å². The summed E-state index contributed by atoms with van der Waals surface area (Å²) in [6.07, 6.45) is -5.36. The first-order valence-corrected chi connectivity index (χ1v) is 18.5. The number of ether oxygens (including phenoxy) is 3. The first kappa shape index (κ1) is 30.9. The van der Waals surface area contributed by atoms with Crippen molar-refractivity contribution in [2.75, 3.05) is 31.3 Å². The van der Waals surface area contributed by atoms with Crippen LogP contribution in [0.5, 0.6) is 0 Å². The maximum Gasteiger partial charge on any atom is 0.282 e. The largest absolute Gasteiger partial charge is 0.394 e. The van der Waals surface area contributed by atoms with E-state index in [2.05, 4.69) is 59.7 Å². The van der Waals surface area contributed by atoms with Crippen LogP contribution in [0.3, 0.4) is 0 Å². The van der Waals surface area contributed by atoms with Crippen molar-refractivity contribution < 1.29 is 41.9 Å². The van der Waals surface area contributed by atoms with Gasteiger partial charge in [-0.25, -0.2) is 19.3 Å². The van der Waals surface area contributed by atoms with Gasteiger partial charge in [0.2, 0.25) is 13.2 Å². The van der Waals surface area contributed by atoms with Crippen molar-refractivity contribution in [3.63, 3.8) is 0 Å². The lowest BCUT2D eigenvalue weighted by molar-refractivity contribution is -0.181. The van der Waals surface area contributed by atoms with Gasteiger partial charge in [0.15, 0.2) is 35.1 Å². The van der Waals surface area contributed by atoms with Crippen molar-refractivity contribution in [1.29, 1.82) is 0 Å². The lowest BCUT2D eigenvalue weighted by atomic mass is 10.0. The van der Waals surface area contributed by atoms with Crippen LogP contribution in [0.15, 0.2) is 17.4 Å². The molecule has 25 heteroatoms. The zero-order chi connectivity index (χ0) is 31.8. The molecule has 0 spiro atoms. The molecule has 20 nitrogen and oxygen atoms in total. The molecule has 0 saturated carbocycles. The van der Waals surface area contributed by atoms with Crippen LogP contribution >= 0.6 is 38.3 Å². The van der Waals surface area contributed by atoms with Gasteiger partial charge in [-0.2, -0.15) is 9.67 Å². The summed E-state index contributed by atoms with van der Waals surface area (Å²) in [5.41, 5.74) is 7.80. The number of aliphatic hydroxyl groups excluding tert-OH is 1. The quantitative estimate of drug-likeness (QED) is 0.0956. The van der Waals surface area contributed by atoms with Crippen molar-refractivity contribution >= 4 is 72.4 Å². The number of halogens is 1. The minimum absolute atomic E-state index is 0.128. The van der Waals surface area contributed by atoms with Gasteiger partial charge in [-0.1, -0.05) is 29.7 Å². The monoisotopic (exact) mass is 707 g/mol. The minimum Gasteiger partial charge on any atom is -0.394 e. The SMILES string of the molecule is Nc1nc2c(nnn2[C@@H]2OC(CO)[C@H](F)[C@H]2P(=O)(S)OC[C@@]23CO[C@@H]([C@H](n4cnc5c(N)ncnc54)O2)[C@@H]3O[PH](=O)S)c(=O)[nH]1. The average Bonchev–Trinajstić information content (AvgIpc) is 3.79. The Morgan fingerprint density at radius 1 is 1.27 bits per heavy atom. The van der Waals surface area contributed by atoms with Crippen molar-refractivity contribution in [3.8, 4) is 0 Å². The average molecular weight is 708 g/mol. The molecular weight excluding hydrogens is 683 g/mol. The highest BCUT2D eigenvalue weighted by atomic mass is 32.7. The number of rotatable bonds is 9. The van der Waals surface area contributed by atoms with Gasteiger partial charge in [-0.05, 0) is 0 Å². The fourth-order valence-electron chi connectivity index (χ4n) is 5.77. The van der Waals surface area contributed by atoms with Crippen molar-refractivity contribution in [2.45, 2.75) is 48.2 Å². The summed E-state index contributed by atoms with van der Waals surface area (Å²) in [4.78, 5) is 30.9. The van der Waals surface area contributed by atoms with Gasteiger partial charge >= 0.3 is 0 Å². The number of thiol groups is 2. The van der Waals surface area contributed by atoms with Crippen LogP contribution in [0.4, 0.5) is 16.2 Å². The Hall–Kier alpha value is -2.72. The molecule has 0 aromatic carbocycles. The fraction of sp³-hybridized carbons (Fsp3) is 0.550. The number of imidazole rings is 1. The van der Waals surface area contributed by atoms with E-state index < -0.39 is 80.8 Å². The van der Waals surface area contributed by atoms with E-state index >= 15 is 4.39 Å². The first-order valence-electron chi connectivity index (χ1n) is 13.0. The molecular formula is C20H24FN11O9P2S2. The number of aliphatic hydroxyl groups is 1.